The van der Waals surface area contributed by atoms with Gasteiger partial charge in [0.25, 0.3) is 5.91 Å². The highest BCUT2D eigenvalue weighted by Gasteiger charge is 2.16. The summed E-state index contributed by atoms with van der Waals surface area (Å²) in [6.07, 6.45) is 0.196. The molecule has 1 heterocycles. The molecule has 0 aliphatic carbocycles. The van der Waals surface area contributed by atoms with Crippen molar-refractivity contribution in [2.75, 3.05) is 16.0 Å². The van der Waals surface area contributed by atoms with Gasteiger partial charge in [-0.2, -0.15) is 0 Å². The molecular weight excluding hydrogens is 362 g/mol. The van der Waals surface area contributed by atoms with Gasteiger partial charge in [0.1, 0.15) is 5.69 Å². The molecule has 0 saturated heterocycles. The van der Waals surface area contributed by atoms with Crippen LogP contribution in [-0.4, -0.2) is 32.8 Å². The van der Waals surface area contributed by atoms with Crippen molar-refractivity contribution in [3.05, 3.63) is 66.4 Å². The molecule has 2 aromatic carbocycles. The Balaban J connectivity index is 1.83. The lowest BCUT2D eigenvalue weighted by Gasteiger charge is -2.06. The van der Waals surface area contributed by atoms with E-state index in [1.54, 1.807) is 36.4 Å². The van der Waals surface area contributed by atoms with Crippen molar-refractivity contribution >= 4 is 35.1 Å². The molecule has 3 amide bonds. The fourth-order valence-corrected chi connectivity index (χ4v) is 2.47. The highest BCUT2D eigenvalue weighted by Crippen LogP contribution is 2.23. The molecule has 0 spiro atoms. The molecule has 0 atom stereocenters. The van der Waals surface area contributed by atoms with Gasteiger partial charge in [0.2, 0.25) is 5.91 Å². The van der Waals surface area contributed by atoms with Crippen molar-refractivity contribution < 1.29 is 19.5 Å². The van der Waals surface area contributed by atoms with Gasteiger partial charge in [-0.1, -0.05) is 18.2 Å². The average molecular weight is 379 g/mol. The minimum absolute atomic E-state index is 0.0715. The number of carbonyl (C=O) groups excluding carboxylic acids is 2. The summed E-state index contributed by atoms with van der Waals surface area (Å²) in [6, 6.07) is 15.3. The second kappa shape index (κ2) is 8.04. The van der Waals surface area contributed by atoms with Gasteiger partial charge in [-0.15, -0.1) is 5.10 Å². The molecule has 0 saturated carbocycles. The van der Waals surface area contributed by atoms with Gasteiger partial charge in [-0.25, -0.2) is 9.48 Å². The van der Waals surface area contributed by atoms with E-state index < -0.39 is 12.0 Å². The number of rotatable bonds is 5. The standard InChI is InChI=1S/C19H17N5O4/c1-12(25)20-14-9-7-13(8-10-14)18(26)22-17-16(21-19(27)28)11-24(23-17)15-5-3-2-4-6-15/h2-11,21H,1H3,(H,20,25)(H,27,28)(H,22,23,26). The summed E-state index contributed by atoms with van der Waals surface area (Å²) < 4.78 is 1.46. The molecule has 3 rings (SSSR count). The van der Waals surface area contributed by atoms with Gasteiger partial charge in [0, 0.05) is 18.2 Å². The summed E-state index contributed by atoms with van der Waals surface area (Å²) in [5, 5.41) is 20.7. The van der Waals surface area contributed by atoms with E-state index in [1.807, 2.05) is 18.2 Å². The first-order valence-electron chi connectivity index (χ1n) is 8.26. The molecular formula is C19H17N5O4. The molecule has 0 fully saturated rings. The van der Waals surface area contributed by atoms with Gasteiger partial charge in [-0.05, 0) is 36.4 Å². The second-order valence-electron chi connectivity index (χ2n) is 5.81. The SMILES string of the molecule is CC(=O)Nc1ccc(C(=O)Nc2nn(-c3ccccc3)cc2NC(=O)O)cc1. The fraction of sp³-hybridized carbons (Fsp3) is 0.0526. The van der Waals surface area contributed by atoms with Crippen LogP contribution in [0.3, 0.4) is 0 Å². The average Bonchev–Trinajstić information content (AvgIpc) is 3.04. The highest BCUT2D eigenvalue weighted by atomic mass is 16.4. The van der Waals surface area contributed by atoms with Crippen LogP contribution in [0, 0.1) is 0 Å². The first-order chi connectivity index (χ1) is 13.4. The lowest BCUT2D eigenvalue weighted by molar-refractivity contribution is -0.114. The van der Waals surface area contributed by atoms with E-state index in [0.29, 0.717) is 16.9 Å². The Morgan fingerprint density at radius 1 is 0.929 bits per heavy atom. The minimum Gasteiger partial charge on any atom is -0.465 e. The monoisotopic (exact) mass is 379 g/mol. The van der Waals surface area contributed by atoms with Crippen molar-refractivity contribution in [1.29, 1.82) is 0 Å². The van der Waals surface area contributed by atoms with Crippen LogP contribution in [0.15, 0.2) is 60.8 Å². The number of nitrogens with one attached hydrogen (secondary N) is 3. The third-order valence-electron chi connectivity index (χ3n) is 3.68. The topological polar surface area (TPSA) is 125 Å². The van der Waals surface area contributed by atoms with Crippen LogP contribution >= 0.6 is 0 Å². The Morgan fingerprint density at radius 2 is 1.61 bits per heavy atom. The van der Waals surface area contributed by atoms with Gasteiger partial charge in [-0.3, -0.25) is 14.9 Å². The number of carboxylic acid groups (broad SMARTS) is 1. The maximum atomic E-state index is 12.5. The Bertz CT molecular complexity index is 1010. The first kappa shape index (κ1) is 18.6. The van der Waals surface area contributed by atoms with Crippen molar-refractivity contribution in [2.45, 2.75) is 6.92 Å². The lowest BCUT2D eigenvalue weighted by Crippen LogP contribution is -2.15. The number of carbonyl (C=O) groups is 3. The van der Waals surface area contributed by atoms with Crippen LogP contribution in [-0.2, 0) is 4.79 Å². The van der Waals surface area contributed by atoms with Crippen molar-refractivity contribution in [3.8, 4) is 5.69 Å². The van der Waals surface area contributed by atoms with E-state index in [4.69, 9.17) is 5.11 Å². The largest absolute Gasteiger partial charge is 0.465 e. The molecule has 0 aliphatic rings. The Kier molecular flexibility index (Phi) is 5.35. The summed E-state index contributed by atoms with van der Waals surface area (Å²) in [5.41, 5.74) is 1.73. The van der Waals surface area contributed by atoms with Crippen LogP contribution in [0.1, 0.15) is 17.3 Å². The van der Waals surface area contributed by atoms with E-state index in [0.717, 1.165) is 0 Å². The zero-order valence-corrected chi connectivity index (χ0v) is 14.8. The number of hydrogen-bond donors (Lipinski definition) is 4. The zero-order chi connectivity index (χ0) is 20.1. The Labute approximate surface area is 160 Å². The van der Waals surface area contributed by atoms with E-state index in [1.165, 1.54) is 17.8 Å². The summed E-state index contributed by atoms with van der Waals surface area (Å²) in [5.74, 6) is -0.614. The number of para-hydroxylation sites is 1. The summed E-state index contributed by atoms with van der Waals surface area (Å²) in [7, 11) is 0. The van der Waals surface area contributed by atoms with E-state index in [-0.39, 0.29) is 17.4 Å². The van der Waals surface area contributed by atoms with Gasteiger partial charge in [0.05, 0.1) is 11.9 Å². The molecule has 0 unspecified atom stereocenters. The molecule has 28 heavy (non-hydrogen) atoms. The predicted octanol–water partition coefficient (Wildman–Crippen LogP) is 3.17. The molecule has 9 nitrogen and oxygen atoms in total. The third kappa shape index (κ3) is 4.52. The van der Waals surface area contributed by atoms with E-state index >= 15 is 0 Å². The molecule has 1 aromatic heterocycles. The number of nitrogens with zero attached hydrogens (tertiary/aromatic N) is 2. The number of amides is 3. The van der Waals surface area contributed by atoms with Crippen LogP contribution in [0.25, 0.3) is 5.69 Å². The van der Waals surface area contributed by atoms with E-state index in [2.05, 4.69) is 21.0 Å². The van der Waals surface area contributed by atoms with Crippen LogP contribution in [0.5, 0.6) is 0 Å². The Hall–Kier alpha value is -4.14. The molecule has 9 heteroatoms. The molecule has 142 valence electrons. The van der Waals surface area contributed by atoms with Crippen LogP contribution in [0.2, 0.25) is 0 Å². The normalized spacial score (nSPS) is 10.2. The van der Waals surface area contributed by atoms with Gasteiger partial charge < -0.3 is 15.7 Å². The molecule has 0 radical (unpaired) electrons. The molecule has 0 bridgehead atoms. The van der Waals surface area contributed by atoms with Crippen molar-refractivity contribution in [1.82, 2.24) is 9.78 Å². The third-order valence-corrected chi connectivity index (χ3v) is 3.68. The minimum atomic E-state index is -1.28. The maximum absolute atomic E-state index is 12.5. The molecule has 4 N–H and O–H groups in total. The maximum Gasteiger partial charge on any atom is 0.409 e. The van der Waals surface area contributed by atoms with Crippen LogP contribution < -0.4 is 16.0 Å². The highest BCUT2D eigenvalue weighted by molar-refractivity contribution is 6.06. The quantitative estimate of drug-likeness (QED) is 0.542. The van der Waals surface area contributed by atoms with Crippen LogP contribution in [0.4, 0.5) is 22.0 Å². The number of benzene rings is 2. The van der Waals surface area contributed by atoms with Crippen molar-refractivity contribution in [3.63, 3.8) is 0 Å². The van der Waals surface area contributed by atoms with Gasteiger partial charge in [0.15, 0.2) is 5.82 Å². The molecule has 3 aromatic rings. The number of hydrogen-bond acceptors (Lipinski definition) is 4. The lowest BCUT2D eigenvalue weighted by atomic mass is 10.2. The Morgan fingerprint density at radius 3 is 2.21 bits per heavy atom. The number of anilines is 3. The smallest absolute Gasteiger partial charge is 0.409 e. The summed E-state index contributed by atoms with van der Waals surface area (Å²) in [4.78, 5) is 34.6. The first-order valence-corrected chi connectivity index (χ1v) is 8.26. The summed E-state index contributed by atoms with van der Waals surface area (Å²) in [6.45, 7) is 1.39. The number of aromatic nitrogens is 2. The predicted molar refractivity (Wildman–Crippen MR) is 104 cm³/mol. The van der Waals surface area contributed by atoms with Gasteiger partial charge >= 0.3 is 6.09 Å². The fourth-order valence-electron chi connectivity index (χ4n) is 2.47. The summed E-state index contributed by atoms with van der Waals surface area (Å²) >= 11 is 0. The zero-order valence-electron chi connectivity index (χ0n) is 14.8. The second-order valence-corrected chi connectivity index (χ2v) is 5.81. The van der Waals surface area contributed by atoms with Crippen molar-refractivity contribution in [2.24, 2.45) is 0 Å². The van der Waals surface area contributed by atoms with E-state index in [9.17, 15) is 14.4 Å². The molecule has 0 aliphatic heterocycles.